The van der Waals surface area contributed by atoms with Crippen molar-refractivity contribution in [1.82, 2.24) is 0 Å². The molecule has 0 atom stereocenters. The van der Waals surface area contributed by atoms with Crippen LogP contribution in [0, 0.1) is 0 Å². The Morgan fingerprint density at radius 1 is 1.23 bits per heavy atom. The second-order valence-corrected chi connectivity index (χ2v) is 3.62. The van der Waals surface area contributed by atoms with Crippen molar-refractivity contribution in [1.29, 1.82) is 0 Å². The van der Waals surface area contributed by atoms with Crippen molar-refractivity contribution in [3.8, 4) is 0 Å². The van der Waals surface area contributed by atoms with Crippen LogP contribution < -0.4 is 11.5 Å². The molecule has 13 heavy (non-hydrogen) atoms. The Bertz CT molecular complexity index is 404. The van der Waals surface area contributed by atoms with E-state index in [4.69, 9.17) is 16.0 Å². The Hall–Kier alpha value is -0.0103. The minimum absolute atomic E-state index is 0. The number of rotatable bonds is 1. The van der Waals surface area contributed by atoms with Gasteiger partial charge in [0.25, 0.3) is 10.1 Å². The van der Waals surface area contributed by atoms with Gasteiger partial charge in [-0.3, -0.25) is 4.55 Å². The van der Waals surface area contributed by atoms with E-state index in [1.54, 1.807) is 0 Å². The Kier molecular flexibility index (Phi) is 4.47. The van der Waals surface area contributed by atoms with Crippen LogP contribution in [-0.4, -0.2) is 50.7 Å². The number of nitrogens with two attached hydrogens (primary N) is 2. The Labute approximate surface area is 106 Å². The fraction of sp³-hybridized carbons (Fsp3) is 0. The molecule has 1 aromatic carbocycles. The van der Waals surface area contributed by atoms with Crippen LogP contribution in [0.4, 0.5) is 11.4 Å². The van der Waals surface area contributed by atoms with E-state index in [1.807, 2.05) is 0 Å². The number of nitrogen functional groups attached to an aromatic ring is 2. The average molecular weight is 230 g/mol. The van der Waals surface area contributed by atoms with Crippen LogP contribution in [0.2, 0.25) is 0 Å². The van der Waals surface area contributed by atoms with Gasteiger partial charge >= 0.3 is 37.7 Å². The number of benzene rings is 1. The molecule has 5 N–H and O–H groups in total. The molecule has 0 bridgehead atoms. The molecule has 0 amide bonds. The van der Waals surface area contributed by atoms with Gasteiger partial charge in [0.05, 0.1) is 11.4 Å². The zero-order valence-corrected chi connectivity index (χ0v) is 6.88. The molecule has 0 radical (unpaired) electrons. The molecule has 70 valence electrons. The van der Waals surface area contributed by atoms with Gasteiger partial charge in [0.2, 0.25) is 0 Å². The second kappa shape index (κ2) is 4.47. The third kappa shape index (κ3) is 2.99. The van der Waals surface area contributed by atoms with Crippen molar-refractivity contribution in [3.63, 3.8) is 0 Å². The predicted molar refractivity (Wildman–Crippen MR) is 53.6 cm³/mol. The van der Waals surface area contributed by atoms with Gasteiger partial charge in [-0.1, -0.05) is 6.07 Å². The van der Waals surface area contributed by atoms with E-state index in [9.17, 15) is 8.42 Å². The van der Waals surface area contributed by atoms with E-state index in [0.717, 1.165) is 0 Å². The van der Waals surface area contributed by atoms with Crippen molar-refractivity contribution < 1.29 is 13.0 Å². The van der Waals surface area contributed by atoms with Gasteiger partial charge in [0.1, 0.15) is 4.90 Å². The summed E-state index contributed by atoms with van der Waals surface area (Å²) in [6.07, 6.45) is 0. The average Bonchev–Trinajstić information content (AvgIpc) is 1.92. The van der Waals surface area contributed by atoms with Gasteiger partial charge in [0, 0.05) is 0 Å². The van der Waals surface area contributed by atoms with Gasteiger partial charge in [0.15, 0.2) is 0 Å². The van der Waals surface area contributed by atoms with Gasteiger partial charge in [-0.2, -0.15) is 8.42 Å². The molecule has 0 saturated heterocycles. The molecule has 1 aromatic rings. The summed E-state index contributed by atoms with van der Waals surface area (Å²) in [7, 11) is -4.26. The zero-order chi connectivity index (χ0) is 9.35. The van der Waals surface area contributed by atoms with E-state index in [1.165, 1.54) is 18.2 Å². The van der Waals surface area contributed by atoms with Gasteiger partial charge in [-0.25, -0.2) is 0 Å². The van der Waals surface area contributed by atoms with Crippen molar-refractivity contribution in [3.05, 3.63) is 18.2 Å². The molecular weight excluding hydrogens is 220 g/mol. The van der Waals surface area contributed by atoms with Gasteiger partial charge < -0.3 is 11.5 Å². The van der Waals surface area contributed by atoms with Crippen LogP contribution >= 0.6 is 0 Å². The first kappa shape index (κ1) is 13.0. The molecule has 0 heterocycles. The van der Waals surface area contributed by atoms with Crippen LogP contribution in [0.15, 0.2) is 23.1 Å². The van der Waals surface area contributed by atoms with Crippen LogP contribution in [0.25, 0.3) is 0 Å². The summed E-state index contributed by atoms with van der Waals surface area (Å²) < 4.78 is 29.9. The van der Waals surface area contributed by atoms with Crippen molar-refractivity contribution in [2.24, 2.45) is 0 Å². The molecule has 7 heteroatoms. The van der Waals surface area contributed by atoms with Gasteiger partial charge in [-0.05, 0) is 12.1 Å². The van der Waals surface area contributed by atoms with Crippen LogP contribution in [0.1, 0.15) is 0 Å². The third-order valence-corrected chi connectivity index (χ3v) is 2.29. The summed E-state index contributed by atoms with van der Waals surface area (Å²) in [6.45, 7) is 0. The third-order valence-electron chi connectivity index (χ3n) is 1.38. The zero-order valence-electron chi connectivity index (χ0n) is 6.06. The summed E-state index contributed by atoms with van der Waals surface area (Å²) in [6, 6.07) is 4.03. The number of anilines is 2. The number of hydrogen-bond donors (Lipinski definition) is 3. The molecule has 1 rings (SSSR count). The SMILES string of the molecule is Nc1cccc(S(=O)(=O)O)c1N.[CaH2]. The van der Waals surface area contributed by atoms with Crippen molar-refractivity contribution in [2.45, 2.75) is 4.90 Å². The fourth-order valence-electron chi connectivity index (χ4n) is 0.786. The molecule has 0 unspecified atom stereocenters. The van der Waals surface area contributed by atoms with E-state index in [2.05, 4.69) is 0 Å². The van der Waals surface area contributed by atoms with Crippen LogP contribution in [0.5, 0.6) is 0 Å². The molecule has 0 spiro atoms. The summed E-state index contributed by atoms with van der Waals surface area (Å²) in [5, 5.41) is 0. The molecular formula is C6H10CaN2O3S. The fourth-order valence-corrected chi connectivity index (χ4v) is 1.43. The minimum atomic E-state index is -4.26. The van der Waals surface area contributed by atoms with E-state index in [-0.39, 0.29) is 54.0 Å². The molecule has 0 aliphatic heterocycles. The van der Waals surface area contributed by atoms with Crippen molar-refractivity contribution in [2.75, 3.05) is 11.5 Å². The summed E-state index contributed by atoms with van der Waals surface area (Å²) >= 11 is 0. The standard InChI is InChI=1S/C6H8N2O3S.Ca.2H/c7-4-2-1-3-5(6(4)8)12(9,10)11;;;/h1-3H,7-8H2,(H,9,10,11);;;. The van der Waals surface area contributed by atoms with E-state index < -0.39 is 10.1 Å². The Balaban J connectivity index is 0.00000144. The Morgan fingerprint density at radius 3 is 2.15 bits per heavy atom. The van der Waals surface area contributed by atoms with Crippen LogP contribution in [0.3, 0.4) is 0 Å². The molecule has 0 aliphatic carbocycles. The molecule has 0 aliphatic rings. The first-order valence-electron chi connectivity index (χ1n) is 3.04. The van der Waals surface area contributed by atoms with Crippen LogP contribution in [-0.2, 0) is 10.1 Å². The number of hydrogen-bond acceptors (Lipinski definition) is 4. The summed E-state index contributed by atoms with van der Waals surface area (Å²) in [4.78, 5) is -0.359. The summed E-state index contributed by atoms with van der Waals surface area (Å²) in [5.74, 6) is 0. The maximum absolute atomic E-state index is 10.6. The molecule has 0 saturated carbocycles. The quantitative estimate of drug-likeness (QED) is 0.332. The topological polar surface area (TPSA) is 106 Å². The van der Waals surface area contributed by atoms with E-state index >= 15 is 0 Å². The normalized spacial score (nSPS) is 10.5. The van der Waals surface area contributed by atoms with E-state index in [0.29, 0.717) is 0 Å². The Morgan fingerprint density at radius 2 is 1.77 bits per heavy atom. The monoisotopic (exact) mass is 230 g/mol. The van der Waals surface area contributed by atoms with Crippen molar-refractivity contribution >= 4 is 59.2 Å². The van der Waals surface area contributed by atoms with Gasteiger partial charge in [-0.15, -0.1) is 0 Å². The molecule has 0 aromatic heterocycles. The molecule has 0 fully saturated rings. The summed E-state index contributed by atoms with van der Waals surface area (Å²) in [5.41, 5.74) is 10.6. The first-order valence-corrected chi connectivity index (χ1v) is 4.48. The molecule has 5 nitrogen and oxygen atoms in total. The number of para-hydroxylation sites is 1. The maximum atomic E-state index is 10.6. The second-order valence-electron chi connectivity index (χ2n) is 2.23. The first-order chi connectivity index (χ1) is 5.43. The predicted octanol–water partition coefficient (Wildman–Crippen LogP) is -0.819.